The molecule has 16 heavy (non-hydrogen) atoms. The standard InChI is InChI=1S/C13H22N2O/c1-10(2)8-11(3)16-13(9-14)12-4-6-15-7-5-12/h4-7,10-11,13H,8-9,14H2,1-3H3. The Morgan fingerprint density at radius 3 is 2.38 bits per heavy atom. The largest absolute Gasteiger partial charge is 0.369 e. The summed E-state index contributed by atoms with van der Waals surface area (Å²) in [7, 11) is 0. The van der Waals surface area contributed by atoms with Crippen molar-refractivity contribution in [2.75, 3.05) is 6.54 Å². The van der Waals surface area contributed by atoms with Gasteiger partial charge in [-0.2, -0.15) is 0 Å². The zero-order valence-electron chi connectivity index (χ0n) is 10.4. The normalized spacial score (nSPS) is 15.1. The SMILES string of the molecule is CC(C)CC(C)OC(CN)c1ccncc1. The summed E-state index contributed by atoms with van der Waals surface area (Å²) in [6.45, 7) is 7.00. The van der Waals surface area contributed by atoms with E-state index < -0.39 is 0 Å². The Bertz CT molecular complexity index is 287. The highest BCUT2D eigenvalue weighted by Crippen LogP contribution is 2.19. The fourth-order valence-electron chi connectivity index (χ4n) is 1.85. The van der Waals surface area contributed by atoms with Crippen LogP contribution in [0.1, 0.15) is 38.9 Å². The summed E-state index contributed by atoms with van der Waals surface area (Å²) in [5.74, 6) is 0.644. The van der Waals surface area contributed by atoms with Gasteiger partial charge in [0.25, 0.3) is 0 Å². The number of nitrogens with two attached hydrogens (primary N) is 1. The maximum atomic E-state index is 5.94. The Balaban J connectivity index is 2.56. The Kier molecular flexibility index (Phi) is 5.43. The van der Waals surface area contributed by atoms with Crippen LogP contribution in [-0.4, -0.2) is 17.6 Å². The van der Waals surface area contributed by atoms with Gasteiger partial charge in [-0.05, 0) is 37.0 Å². The molecule has 1 aromatic heterocycles. The number of pyridine rings is 1. The molecule has 3 heteroatoms. The molecule has 3 nitrogen and oxygen atoms in total. The first kappa shape index (κ1) is 13.1. The Labute approximate surface area is 98.0 Å². The molecule has 0 saturated carbocycles. The van der Waals surface area contributed by atoms with Crippen molar-refractivity contribution in [2.45, 2.75) is 39.4 Å². The molecule has 0 saturated heterocycles. The number of hydrogen-bond acceptors (Lipinski definition) is 3. The van der Waals surface area contributed by atoms with Gasteiger partial charge in [0.2, 0.25) is 0 Å². The fraction of sp³-hybridized carbons (Fsp3) is 0.615. The van der Waals surface area contributed by atoms with Crippen molar-refractivity contribution in [2.24, 2.45) is 11.7 Å². The molecule has 0 aliphatic rings. The van der Waals surface area contributed by atoms with Gasteiger partial charge in [-0.15, -0.1) is 0 Å². The second kappa shape index (κ2) is 6.61. The van der Waals surface area contributed by atoms with E-state index in [1.54, 1.807) is 12.4 Å². The lowest BCUT2D eigenvalue weighted by Crippen LogP contribution is -2.22. The van der Waals surface area contributed by atoms with Crippen molar-refractivity contribution in [3.8, 4) is 0 Å². The first-order chi connectivity index (χ1) is 7.63. The molecule has 0 amide bonds. The molecule has 0 radical (unpaired) electrons. The molecular weight excluding hydrogens is 200 g/mol. The van der Waals surface area contributed by atoms with Crippen LogP contribution in [0, 0.1) is 5.92 Å². The summed E-state index contributed by atoms with van der Waals surface area (Å²) in [6.07, 6.45) is 4.82. The van der Waals surface area contributed by atoms with Gasteiger partial charge in [0.1, 0.15) is 0 Å². The van der Waals surface area contributed by atoms with E-state index in [4.69, 9.17) is 10.5 Å². The van der Waals surface area contributed by atoms with Gasteiger partial charge in [-0.3, -0.25) is 4.98 Å². The van der Waals surface area contributed by atoms with Crippen LogP contribution in [-0.2, 0) is 4.74 Å². The molecule has 2 unspecified atom stereocenters. The Hall–Kier alpha value is -0.930. The zero-order valence-corrected chi connectivity index (χ0v) is 10.4. The number of nitrogens with zero attached hydrogens (tertiary/aromatic N) is 1. The highest BCUT2D eigenvalue weighted by Gasteiger charge is 2.14. The quantitative estimate of drug-likeness (QED) is 0.804. The molecule has 0 aliphatic carbocycles. The predicted molar refractivity (Wildman–Crippen MR) is 66.0 cm³/mol. The lowest BCUT2D eigenvalue weighted by Gasteiger charge is -2.22. The van der Waals surface area contributed by atoms with Gasteiger partial charge in [0, 0.05) is 18.9 Å². The van der Waals surface area contributed by atoms with E-state index in [0.717, 1.165) is 12.0 Å². The summed E-state index contributed by atoms with van der Waals surface area (Å²) in [6, 6.07) is 3.92. The van der Waals surface area contributed by atoms with Gasteiger partial charge in [0.05, 0.1) is 12.2 Å². The molecule has 1 aromatic rings. The van der Waals surface area contributed by atoms with Crippen LogP contribution in [0.4, 0.5) is 0 Å². The third-order valence-electron chi connectivity index (χ3n) is 2.49. The van der Waals surface area contributed by atoms with Gasteiger partial charge in [0.15, 0.2) is 0 Å². The molecule has 1 heterocycles. The van der Waals surface area contributed by atoms with Crippen molar-refractivity contribution in [1.29, 1.82) is 0 Å². The summed E-state index contributed by atoms with van der Waals surface area (Å²) in [4.78, 5) is 3.99. The molecule has 0 aromatic carbocycles. The van der Waals surface area contributed by atoms with E-state index in [1.165, 1.54) is 0 Å². The first-order valence-electron chi connectivity index (χ1n) is 5.89. The number of hydrogen-bond donors (Lipinski definition) is 1. The molecule has 2 N–H and O–H groups in total. The summed E-state index contributed by atoms with van der Waals surface area (Å²) >= 11 is 0. The lowest BCUT2D eigenvalue weighted by molar-refractivity contribution is -0.00844. The first-order valence-corrected chi connectivity index (χ1v) is 5.89. The molecule has 0 spiro atoms. The highest BCUT2D eigenvalue weighted by molar-refractivity contribution is 5.13. The smallest absolute Gasteiger partial charge is 0.0951 e. The summed E-state index contributed by atoms with van der Waals surface area (Å²) < 4.78 is 5.94. The summed E-state index contributed by atoms with van der Waals surface area (Å²) in [5.41, 5.74) is 6.84. The van der Waals surface area contributed by atoms with Crippen LogP contribution >= 0.6 is 0 Å². The highest BCUT2D eigenvalue weighted by atomic mass is 16.5. The fourth-order valence-corrected chi connectivity index (χ4v) is 1.85. The Morgan fingerprint density at radius 1 is 1.25 bits per heavy atom. The van der Waals surface area contributed by atoms with E-state index in [9.17, 15) is 0 Å². The third-order valence-corrected chi connectivity index (χ3v) is 2.49. The van der Waals surface area contributed by atoms with Crippen molar-refractivity contribution < 1.29 is 4.74 Å². The average molecular weight is 222 g/mol. The molecule has 0 fully saturated rings. The van der Waals surface area contributed by atoms with Crippen molar-refractivity contribution >= 4 is 0 Å². The second-order valence-corrected chi connectivity index (χ2v) is 4.58. The maximum Gasteiger partial charge on any atom is 0.0951 e. The van der Waals surface area contributed by atoms with Crippen LogP contribution in [0.2, 0.25) is 0 Å². The summed E-state index contributed by atoms with van der Waals surface area (Å²) in [5, 5.41) is 0. The van der Waals surface area contributed by atoms with Crippen LogP contribution in [0.3, 0.4) is 0 Å². The monoisotopic (exact) mass is 222 g/mol. The van der Waals surface area contributed by atoms with E-state index in [0.29, 0.717) is 12.5 Å². The van der Waals surface area contributed by atoms with Crippen LogP contribution < -0.4 is 5.73 Å². The van der Waals surface area contributed by atoms with Crippen LogP contribution in [0.5, 0.6) is 0 Å². The minimum absolute atomic E-state index is 0.0169. The number of aromatic nitrogens is 1. The van der Waals surface area contributed by atoms with Gasteiger partial charge in [-0.1, -0.05) is 13.8 Å². The van der Waals surface area contributed by atoms with Crippen molar-refractivity contribution in [3.63, 3.8) is 0 Å². The van der Waals surface area contributed by atoms with Gasteiger partial charge in [-0.25, -0.2) is 0 Å². The van der Waals surface area contributed by atoms with Crippen molar-refractivity contribution in [3.05, 3.63) is 30.1 Å². The van der Waals surface area contributed by atoms with Crippen LogP contribution in [0.25, 0.3) is 0 Å². The molecule has 90 valence electrons. The number of rotatable bonds is 6. The van der Waals surface area contributed by atoms with E-state index in [-0.39, 0.29) is 12.2 Å². The minimum atomic E-state index is -0.0169. The average Bonchev–Trinajstić information content (AvgIpc) is 2.26. The number of ether oxygens (including phenoxy) is 1. The minimum Gasteiger partial charge on any atom is -0.369 e. The van der Waals surface area contributed by atoms with Gasteiger partial charge < -0.3 is 10.5 Å². The maximum absolute atomic E-state index is 5.94. The van der Waals surface area contributed by atoms with E-state index in [2.05, 4.69) is 25.8 Å². The molecular formula is C13H22N2O. The van der Waals surface area contributed by atoms with Crippen LogP contribution in [0.15, 0.2) is 24.5 Å². The molecule has 0 aliphatic heterocycles. The topological polar surface area (TPSA) is 48.1 Å². The zero-order chi connectivity index (χ0) is 12.0. The van der Waals surface area contributed by atoms with E-state index >= 15 is 0 Å². The third kappa shape index (κ3) is 4.29. The van der Waals surface area contributed by atoms with Crippen molar-refractivity contribution in [1.82, 2.24) is 4.98 Å². The predicted octanol–water partition coefficient (Wildman–Crippen LogP) is 2.53. The van der Waals surface area contributed by atoms with Gasteiger partial charge >= 0.3 is 0 Å². The molecule has 0 bridgehead atoms. The Morgan fingerprint density at radius 2 is 1.88 bits per heavy atom. The molecule has 2 atom stereocenters. The lowest BCUT2D eigenvalue weighted by atomic mass is 10.1. The van der Waals surface area contributed by atoms with E-state index in [1.807, 2.05) is 12.1 Å². The molecule has 1 rings (SSSR count). The second-order valence-electron chi connectivity index (χ2n) is 4.58.